The summed E-state index contributed by atoms with van der Waals surface area (Å²) < 4.78 is 4.49. The molecule has 2 heterocycles. The van der Waals surface area contributed by atoms with Crippen molar-refractivity contribution in [2.45, 2.75) is 12.8 Å². The quantitative estimate of drug-likeness (QED) is 0.826. The summed E-state index contributed by atoms with van der Waals surface area (Å²) in [5.74, 6) is -0.377. The topological polar surface area (TPSA) is 118 Å². The van der Waals surface area contributed by atoms with Crippen LogP contribution in [0.15, 0.2) is 28.9 Å². The number of carbonyl (C=O) groups excluding carboxylic acids is 2. The minimum absolute atomic E-state index is 0.00254. The number of anilines is 2. The average Bonchev–Trinajstić information content (AvgIpc) is 3.02. The standard InChI is InChI=1S/C16H19ClN6O3/c17-11-3-5-12(6-4-11)19-16(25)23-8-2-1-7-22(9-10-23)15(24)13-14(18)21-26-20-13/h3-6H,1-2,7-10H2,(H2,18,21)(H,19,25). The molecule has 138 valence electrons. The Morgan fingerprint density at radius 2 is 1.69 bits per heavy atom. The zero-order valence-corrected chi connectivity index (χ0v) is 14.8. The molecule has 0 atom stereocenters. The molecule has 0 unspecified atom stereocenters. The molecule has 10 heteroatoms. The molecule has 9 nitrogen and oxygen atoms in total. The van der Waals surface area contributed by atoms with Crippen LogP contribution in [0.3, 0.4) is 0 Å². The Balaban J connectivity index is 1.62. The van der Waals surface area contributed by atoms with Crippen LogP contribution in [0.1, 0.15) is 23.3 Å². The minimum Gasteiger partial charge on any atom is -0.379 e. The van der Waals surface area contributed by atoms with Gasteiger partial charge >= 0.3 is 6.03 Å². The molecule has 1 aliphatic heterocycles. The third-order valence-corrected chi connectivity index (χ3v) is 4.38. The van der Waals surface area contributed by atoms with Crippen LogP contribution in [0.4, 0.5) is 16.3 Å². The Morgan fingerprint density at radius 3 is 2.35 bits per heavy atom. The Labute approximate surface area is 155 Å². The summed E-state index contributed by atoms with van der Waals surface area (Å²) >= 11 is 5.85. The number of benzene rings is 1. The van der Waals surface area contributed by atoms with Gasteiger partial charge in [-0.3, -0.25) is 4.79 Å². The summed E-state index contributed by atoms with van der Waals surface area (Å²) in [7, 11) is 0. The number of hydrogen-bond donors (Lipinski definition) is 2. The van der Waals surface area contributed by atoms with Crippen LogP contribution in [0.2, 0.25) is 5.02 Å². The first-order valence-electron chi connectivity index (χ1n) is 8.23. The predicted molar refractivity (Wildman–Crippen MR) is 95.9 cm³/mol. The van der Waals surface area contributed by atoms with Crippen molar-refractivity contribution in [1.29, 1.82) is 0 Å². The second kappa shape index (κ2) is 8.05. The van der Waals surface area contributed by atoms with Gasteiger partial charge in [-0.05, 0) is 47.4 Å². The van der Waals surface area contributed by atoms with Gasteiger partial charge < -0.3 is 20.9 Å². The van der Waals surface area contributed by atoms with Crippen molar-refractivity contribution in [3.05, 3.63) is 35.0 Å². The van der Waals surface area contributed by atoms with Crippen LogP contribution in [0, 0.1) is 0 Å². The third-order valence-electron chi connectivity index (χ3n) is 4.13. The predicted octanol–water partition coefficient (Wildman–Crippen LogP) is 2.08. The SMILES string of the molecule is Nc1nonc1C(=O)N1CCCCN(C(=O)Nc2ccc(Cl)cc2)CC1. The average molecular weight is 379 g/mol. The van der Waals surface area contributed by atoms with E-state index in [9.17, 15) is 9.59 Å². The van der Waals surface area contributed by atoms with Crippen LogP contribution in [-0.2, 0) is 0 Å². The second-order valence-corrected chi connectivity index (χ2v) is 6.36. The van der Waals surface area contributed by atoms with Gasteiger partial charge in [0.15, 0.2) is 0 Å². The highest BCUT2D eigenvalue weighted by molar-refractivity contribution is 6.30. The van der Waals surface area contributed by atoms with Crippen molar-refractivity contribution in [1.82, 2.24) is 20.1 Å². The number of hydrogen-bond acceptors (Lipinski definition) is 6. The van der Waals surface area contributed by atoms with Crippen LogP contribution >= 0.6 is 11.6 Å². The number of rotatable bonds is 2. The highest BCUT2D eigenvalue weighted by Gasteiger charge is 2.25. The normalized spacial score (nSPS) is 15.3. The van der Waals surface area contributed by atoms with E-state index < -0.39 is 0 Å². The van der Waals surface area contributed by atoms with Crippen molar-refractivity contribution in [2.24, 2.45) is 0 Å². The molecule has 26 heavy (non-hydrogen) atoms. The molecule has 3 N–H and O–H groups in total. The van der Waals surface area contributed by atoms with E-state index in [1.165, 1.54) is 0 Å². The fourth-order valence-electron chi connectivity index (χ4n) is 2.71. The Hall–Kier alpha value is -2.81. The van der Waals surface area contributed by atoms with Gasteiger partial charge in [0.1, 0.15) is 0 Å². The summed E-state index contributed by atoms with van der Waals surface area (Å²) in [6.45, 7) is 1.96. The van der Waals surface area contributed by atoms with Crippen LogP contribution in [0.5, 0.6) is 0 Å². The first kappa shape index (κ1) is 18.0. The molecule has 0 aliphatic carbocycles. The van der Waals surface area contributed by atoms with Crippen LogP contribution < -0.4 is 11.1 Å². The summed E-state index contributed by atoms with van der Waals surface area (Å²) in [6, 6.07) is 6.67. The van der Waals surface area contributed by atoms with E-state index in [1.54, 1.807) is 34.1 Å². The molecule has 1 fully saturated rings. The van der Waals surface area contributed by atoms with E-state index in [0.29, 0.717) is 36.9 Å². The zero-order chi connectivity index (χ0) is 18.5. The van der Waals surface area contributed by atoms with Gasteiger partial charge in [0.05, 0.1) is 0 Å². The lowest BCUT2D eigenvalue weighted by Gasteiger charge is -2.30. The third kappa shape index (κ3) is 4.23. The molecule has 0 radical (unpaired) electrons. The Morgan fingerprint density at radius 1 is 1.04 bits per heavy atom. The highest BCUT2D eigenvalue weighted by atomic mass is 35.5. The maximum Gasteiger partial charge on any atom is 0.321 e. The number of aromatic nitrogens is 2. The number of nitrogens with two attached hydrogens (primary N) is 1. The molecule has 1 aromatic carbocycles. The number of carbonyl (C=O) groups is 2. The maximum absolute atomic E-state index is 12.5. The fourth-order valence-corrected chi connectivity index (χ4v) is 2.83. The molecule has 0 spiro atoms. The molecule has 3 amide bonds. The summed E-state index contributed by atoms with van der Waals surface area (Å²) in [4.78, 5) is 28.3. The monoisotopic (exact) mass is 378 g/mol. The Bertz CT molecular complexity index is 779. The minimum atomic E-state index is -0.344. The van der Waals surface area contributed by atoms with Crippen molar-refractivity contribution in [3.8, 4) is 0 Å². The van der Waals surface area contributed by atoms with E-state index in [0.717, 1.165) is 12.8 Å². The van der Waals surface area contributed by atoms with Crippen LogP contribution in [0.25, 0.3) is 0 Å². The summed E-state index contributed by atoms with van der Waals surface area (Å²) in [5, 5.41) is 10.4. The molecule has 3 rings (SSSR count). The molecule has 1 aliphatic rings. The highest BCUT2D eigenvalue weighted by Crippen LogP contribution is 2.15. The van der Waals surface area contributed by atoms with Crippen molar-refractivity contribution in [3.63, 3.8) is 0 Å². The van der Waals surface area contributed by atoms with Gasteiger partial charge in [-0.15, -0.1) is 0 Å². The van der Waals surface area contributed by atoms with Crippen molar-refractivity contribution >= 4 is 35.0 Å². The number of halogens is 1. The molecule has 1 saturated heterocycles. The van der Waals surface area contributed by atoms with Crippen molar-refractivity contribution < 1.29 is 14.2 Å². The molecule has 2 aromatic rings. The van der Waals surface area contributed by atoms with Gasteiger partial charge in [0, 0.05) is 36.9 Å². The van der Waals surface area contributed by atoms with E-state index in [4.69, 9.17) is 17.3 Å². The maximum atomic E-state index is 12.5. The molecular formula is C16H19ClN6O3. The number of nitrogens with zero attached hydrogens (tertiary/aromatic N) is 4. The molecular weight excluding hydrogens is 360 g/mol. The molecule has 0 bridgehead atoms. The van der Waals surface area contributed by atoms with Crippen LogP contribution in [-0.4, -0.2) is 58.2 Å². The molecule has 1 aromatic heterocycles. The number of urea groups is 1. The van der Waals surface area contributed by atoms with Gasteiger partial charge in [-0.1, -0.05) is 11.6 Å². The summed E-state index contributed by atoms with van der Waals surface area (Å²) in [6.07, 6.45) is 1.55. The van der Waals surface area contributed by atoms with Crippen molar-refractivity contribution in [2.75, 3.05) is 37.2 Å². The number of nitrogens with one attached hydrogen (secondary N) is 1. The lowest BCUT2D eigenvalue weighted by atomic mass is 10.2. The van der Waals surface area contributed by atoms with E-state index >= 15 is 0 Å². The van der Waals surface area contributed by atoms with E-state index in [2.05, 4.69) is 20.3 Å². The lowest BCUT2D eigenvalue weighted by molar-refractivity contribution is 0.0712. The van der Waals surface area contributed by atoms with Gasteiger partial charge in [-0.25, -0.2) is 9.42 Å². The zero-order valence-electron chi connectivity index (χ0n) is 14.0. The smallest absolute Gasteiger partial charge is 0.321 e. The number of amides is 3. The van der Waals surface area contributed by atoms with E-state index in [-0.39, 0.29) is 23.5 Å². The first-order chi connectivity index (χ1) is 12.5. The fraction of sp³-hybridized carbons (Fsp3) is 0.375. The van der Waals surface area contributed by atoms with Gasteiger partial charge in [0.25, 0.3) is 5.91 Å². The summed E-state index contributed by atoms with van der Waals surface area (Å²) in [5.41, 5.74) is 6.26. The first-order valence-corrected chi connectivity index (χ1v) is 8.61. The molecule has 0 saturated carbocycles. The van der Waals surface area contributed by atoms with Gasteiger partial charge in [0.2, 0.25) is 11.5 Å². The Kier molecular flexibility index (Phi) is 5.57. The largest absolute Gasteiger partial charge is 0.379 e. The second-order valence-electron chi connectivity index (χ2n) is 5.92. The number of nitrogen functional groups attached to an aromatic ring is 1. The van der Waals surface area contributed by atoms with Gasteiger partial charge in [-0.2, -0.15) is 0 Å². The lowest BCUT2D eigenvalue weighted by Crippen LogP contribution is -2.45. The van der Waals surface area contributed by atoms with E-state index in [1.807, 2.05) is 0 Å².